The van der Waals surface area contributed by atoms with Gasteiger partial charge in [-0.25, -0.2) is 0 Å². The Kier molecular flexibility index (Phi) is 6.18. The first-order valence-electron chi connectivity index (χ1n) is 8.22. The van der Waals surface area contributed by atoms with Crippen LogP contribution in [0, 0.1) is 0 Å². The molecule has 0 saturated carbocycles. The van der Waals surface area contributed by atoms with E-state index in [0.29, 0.717) is 6.54 Å². The number of hydrogen-bond donors (Lipinski definition) is 1. The third kappa shape index (κ3) is 5.03. The molecule has 2 aromatic rings. The molecule has 0 unspecified atom stereocenters. The molecule has 1 N–H and O–H groups in total. The van der Waals surface area contributed by atoms with Crippen LogP contribution >= 0.6 is 11.3 Å². The van der Waals surface area contributed by atoms with Crippen LogP contribution in [-0.2, 0) is 9.53 Å². The number of carbonyl (C=O) groups is 1. The van der Waals surface area contributed by atoms with Crippen molar-refractivity contribution >= 4 is 23.3 Å². The van der Waals surface area contributed by atoms with Gasteiger partial charge in [-0.15, -0.1) is 11.3 Å². The molecule has 126 valence electrons. The second kappa shape index (κ2) is 8.78. The number of amides is 1. The highest BCUT2D eigenvalue weighted by molar-refractivity contribution is 7.16. The van der Waals surface area contributed by atoms with E-state index >= 15 is 0 Å². The van der Waals surface area contributed by atoms with Crippen molar-refractivity contribution in [1.29, 1.82) is 0 Å². The number of morpholine rings is 1. The average Bonchev–Trinajstić information content (AvgIpc) is 3.11. The molecule has 1 aliphatic heterocycles. The number of carbonyl (C=O) groups excluding carboxylic acids is 1. The number of nitrogens with one attached hydrogen (secondary N) is 1. The van der Waals surface area contributed by atoms with Gasteiger partial charge in [0.2, 0.25) is 5.91 Å². The topological polar surface area (TPSA) is 41.6 Å². The Labute approximate surface area is 146 Å². The summed E-state index contributed by atoms with van der Waals surface area (Å²) in [5.74, 6) is -0.0436. The van der Waals surface area contributed by atoms with Crippen molar-refractivity contribution in [1.82, 2.24) is 10.2 Å². The lowest BCUT2D eigenvalue weighted by molar-refractivity contribution is -0.116. The van der Waals surface area contributed by atoms with E-state index in [9.17, 15) is 4.79 Å². The van der Waals surface area contributed by atoms with E-state index in [-0.39, 0.29) is 5.91 Å². The van der Waals surface area contributed by atoms with E-state index in [0.717, 1.165) is 37.7 Å². The molecule has 1 aliphatic rings. The smallest absolute Gasteiger partial charge is 0.244 e. The first kappa shape index (κ1) is 16.9. The number of thiophene rings is 1. The van der Waals surface area contributed by atoms with Crippen LogP contribution in [0.3, 0.4) is 0 Å². The van der Waals surface area contributed by atoms with Gasteiger partial charge < -0.3 is 10.1 Å². The molecule has 4 nitrogen and oxygen atoms in total. The maximum Gasteiger partial charge on any atom is 0.244 e. The summed E-state index contributed by atoms with van der Waals surface area (Å²) in [6, 6.07) is 14.4. The predicted octanol–water partition coefficient (Wildman–Crippen LogP) is 2.88. The monoisotopic (exact) mass is 342 g/mol. The van der Waals surface area contributed by atoms with Crippen molar-refractivity contribution in [2.45, 2.75) is 0 Å². The van der Waals surface area contributed by atoms with E-state index in [2.05, 4.69) is 28.4 Å². The molecular weight excluding hydrogens is 320 g/mol. The molecule has 3 rings (SSSR count). The molecule has 0 spiro atoms. The zero-order valence-corrected chi connectivity index (χ0v) is 14.4. The van der Waals surface area contributed by atoms with E-state index < -0.39 is 0 Å². The summed E-state index contributed by atoms with van der Waals surface area (Å²) in [6.07, 6.45) is 3.49. The fourth-order valence-electron chi connectivity index (χ4n) is 2.58. The van der Waals surface area contributed by atoms with Crippen LogP contribution in [0.2, 0.25) is 0 Å². The number of rotatable bonds is 6. The number of hydrogen-bond acceptors (Lipinski definition) is 4. The normalized spacial score (nSPS) is 15.7. The lowest BCUT2D eigenvalue weighted by Gasteiger charge is -2.26. The Morgan fingerprint density at radius 2 is 1.96 bits per heavy atom. The van der Waals surface area contributed by atoms with Crippen LogP contribution in [0.25, 0.3) is 16.5 Å². The van der Waals surface area contributed by atoms with Crippen molar-refractivity contribution in [2.75, 3.05) is 39.4 Å². The maximum atomic E-state index is 11.9. The molecule has 0 aliphatic carbocycles. The van der Waals surface area contributed by atoms with Gasteiger partial charge in [0.1, 0.15) is 0 Å². The molecule has 1 saturated heterocycles. The summed E-state index contributed by atoms with van der Waals surface area (Å²) < 4.78 is 5.31. The lowest BCUT2D eigenvalue weighted by Crippen LogP contribution is -2.41. The van der Waals surface area contributed by atoms with Crippen molar-refractivity contribution in [3.63, 3.8) is 0 Å². The molecule has 0 bridgehead atoms. The van der Waals surface area contributed by atoms with Crippen molar-refractivity contribution in [3.05, 3.63) is 53.4 Å². The Bertz CT molecular complexity index is 676. The standard InChI is InChI=1S/C19H22N2O2S/c22-19(20-10-11-21-12-14-23-15-13-21)9-7-17-6-8-18(24-17)16-4-2-1-3-5-16/h1-9H,10-15H2,(H,20,22)/b9-7+. The molecule has 1 fully saturated rings. The number of nitrogens with zero attached hydrogens (tertiary/aromatic N) is 1. The van der Waals surface area contributed by atoms with Crippen molar-refractivity contribution in [3.8, 4) is 10.4 Å². The number of benzene rings is 1. The highest BCUT2D eigenvalue weighted by Gasteiger charge is 2.09. The number of ether oxygens (including phenoxy) is 1. The Balaban J connectivity index is 1.45. The zero-order chi connectivity index (χ0) is 16.6. The van der Waals surface area contributed by atoms with Gasteiger partial charge in [-0.2, -0.15) is 0 Å². The van der Waals surface area contributed by atoms with E-state index in [1.807, 2.05) is 30.3 Å². The van der Waals surface area contributed by atoms with Gasteiger partial charge in [0.05, 0.1) is 13.2 Å². The molecular formula is C19H22N2O2S. The molecule has 1 aromatic carbocycles. The quantitative estimate of drug-likeness (QED) is 0.821. The minimum absolute atomic E-state index is 0.0436. The second-order valence-corrected chi connectivity index (χ2v) is 6.76. The molecule has 1 aromatic heterocycles. The molecule has 0 radical (unpaired) electrons. The van der Waals surface area contributed by atoms with Crippen molar-refractivity contribution < 1.29 is 9.53 Å². The predicted molar refractivity (Wildman–Crippen MR) is 99.1 cm³/mol. The largest absolute Gasteiger partial charge is 0.379 e. The van der Waals surface area contributed by atoms with Gasteiger partial charge in [-0.3, -0.25) is 9.69 Å². The Morgan fingerprint density at radius 1 is 1.17 bits per heavy atom. The summed E-state index contributed by atoms with van der Waals surface area (Å²) in [6.45, 7) is 5.02. The zero-order valence-electron chi connectivity index (χ0n) is 13.6. The lowest BCUT2D eigenvalue weighted by atomic mass is 10.2. The summed E-state index contributed by atoms with van der Waals surface area (Å²) in [5, 5.41) is 2.94. The second-order valence-electron chi connectivity index (χ2n) is 5.65. The van der Waals surface area contributed by atoms with Crippen molar-refractivity contribution in [2.24, 2.45) is 0 Å². The van der Waals surface area contributed by atoms with Crippen LogP contribution < -0.4 is 5.32 Å². The van der Waals surface area contributed by atoms with Crippen LogP contribution in [-0.4, -0.2) is 50.2 Å². The van der Waals surface area contributed by atoms with Gasteiger partial charge in [0.25, 0.3) is 0 Å². The van der Waals surface area contributed by atoms with Crippen LogP contribution in [0.1, 0.15) is 4.88 Å². The van der Waals surface area contributed by atoms with Crippen LogP contribution in [0.5, 0.6) is 0 Å². The van der Waals surface area contributed by atoms with Gasteiger partial charge >= 0.3 is 0 Å². The highest BCUT2D eigenvalue weighted by Crippen LogP contribution is 2.28. The van der Waals surface area contributed by atoms with Gasteiger partial charge in [-0.05, 0) is 23.8 Å². The fourth-order valence-corrected chi connectivity index (χ4v) is 3.49. The van der Waals surface area contributed by atoms with Crippen LogP contribution in [0.4, 0.5) is 0 Å². The van der Waals surface area contributed by atoms with Gasteiger partial charge in [0.15, 0.2) is 0 Å². The van der Waals surface area contributed by atoms with E-state index in [1.165, 1.54) is 10.4 Å². The van der Waals surface area contributed by atoms with Crippen LogP contribution in [0.15, 0.2) is 48.5 Å². The maximum absolute atomic E-state index is 11.9. The van der Waals surface area contributed by atoms with E-state index in [4.69, 9.17) is 4.74 Å². The minimum atomic E-state index is -0.0436. The summed E-state index contributed by atoms with van der Waals surface area (Å²) in [5.41, 5.74) is 1.21. The Hall–Kier alpha value is -1.95. The van der Waals surface area contributed by atoms with Gasteiger partial charge in [-0.1, -0.05) is 30.3 Å². The summed E-state index contributed by atoms with van der Waals surface area (Å²) in [7, 11) is 0. The van der Waals surface area contributed by atoms with Gasteiger partial charge in [0, 0.05) is 42.0 Å². The Morgan fingerprint density at radius 3 is 2.75 bits per heavy atom. The molecule has 2 heterocycles. The van der Waals surface area contributed by atoms with E-state index in [1.54, 1.807) is 17.4 Å². The molecule has 24 heavy (non-hydrogen) atoms. The summed E-state index contributed by atoms with van der Waals surface area (Å²) >= 11 is 1.69. The average molecular weight is 342 g/mol. The third-order valence-corrected chi connectivity index (χ3v) is 5.01. The minimum Gasteiger partial charge on any atom is -0.379 e. The molecule has 1 amide bonds. The molecule has 0 atom stereocenters. The fraction of sp³-hybridized carbons (Fsp3) is 0.316. The SMILES string of the molecule is O=C(/C=C/c1ccc(-c2ccccc2)s1)NCCN1CCOCC1. The molecule has 5 heteroatoms. The first-order chi connectivity index (χ1) is 11.8. The first-order valence-corrected chi connectivity index (χ1v) is 9.04. The summed E-state index contributed by atoms with van der Waals surface area (Å²) in [4.78, 5) is 16.5. The highest BCUT2D eigenvalue weighted by atomic mass is 32.1. The third-order valence-electron chi connectivity index (χ3n) is 3.92.